The number of para-hydroxylation sites is 2. The van der Waals surface area contributed by atoms with E-state index >= 15 is 0 Å². The van der Waals surface area contributed by atoms with E-state index in [1.54, 1.807) is 101 Å². The first-order valence-electron chi connectivity index (χ1n) is 42.9. The van der Waals surface area contributed by atoms with Gasteiger partial charge < -0.3 is 4.74 Å². The molecule has 3 aromatic heterocycles. The Bertz CT molecular complexity index is 6510. The SMILES string of the molecule is [2H]c1c([2H])c([2H])c(-c2cc3c4c(c2)n(-c2cccc(Oc5ccc6c7ccccc7n(-c7cc(C([2H])([2H])[2H])c(C([2H])([2H])[2H])cn7)c6c5)c2)c[n+]4-c2c(cccc2C(C)(C)C)-c2c([2H])c([Si](c4c([2H])c([2H])c([2H])c([2H])c4[2H])(c4c([2H])c([2H])c([2H])c([2H])c4[2H])c4c([2H])c([2H])c([2H])c([2H])c4[2H])c([2H])c([2H])c2-c2c([2H])c([2H])c([2H])c([2H])c2-3)c([2H])c1[2H]. The van der Waals surface area contributed by atoms with Crippen LogP contribution >= 0.6 is 0 Å². The third-order valence-electron chi connectivity index (χ3n) is 15.1. The predicted molar refractivity (Wildman–Crippen MR) is 351 cm³/mol. The van der Waals surface area contributed by atoms with E-state index in [-0.39, 0.29) is 56.4 Å². The van der Waals surface area contributed by atoms with Gasteiger partial charge in [-0.05, 0) is 133 Å². The molecule has 1 aliphatic heterocycles. The van der Waals surface area contributed by atoms with Gasteiger partial charge in [-0.2, -0.15) is 9.13 Å². The Morgan fingerprint density at radius 2 is 1.12 bits per heavy atom. The Labute approximate surface area is 538 Å². The molecular weight excluding hydrogens is 1040 g/mol. The third kappa shape index (κ3) is 8.27. The first kappa shape index (κ1) is 26.8. The fourth-order valence-corrected chi connectivity index (χ4v) is 15.0. The molecule has 0 saturated heterocycles. The summed E-state index contributed by atoms with van der Waals surface area (Å²) in [5, 5.41) is -3.00. The van der Waals surface area contributed by atoms with Crippen LogP contribution in [0.2, 0.25) is 0 Å². The standard InChI is InChI=1S/C78H61N4OSi/c1-52-44-75(79-50-53(52)2)82-72-39-21-20-36-66(72)67-42-40-58(48-73(67)82)83-57-27-22-26-56(47-57)80-51-81-76-68(37-23-38-71(76)78(3,4)5)69-49-62(84(59-28-12-7-13-29-59,60-30-14-8-15-31-60)61-32-16-9-17-33-61)41-43-65(69)63-34-18-19-35-64(63)70-45-55(46-74(80)77(70)81)54-24-10-6-11-25-54/h6-51H,1-5H3/q+1/i1D3,2D3,6D,7D,8D,9D,10D,11D,12D,13D,14D,15D,16D,17D,18D,19D,24D,25D,28D,29D,30D,31D,32D,33D,34D,35D,41D,43D,49D. The van der Waals surface area contributed by atoms with Crippen molar-refractivity contribution in [3.63, 3.8) is 0 Å². The Balaban J connectivity index is 1.12. The van der Waals surface area contributed by atoms with Gasteiger partial charge >= 0.3 is 0 Å². The van der Waals surface area contributed by atoms with Crippen LogP contribution in [0.1, 0.15) is 82.7 Å². The van der Waals surface area contributed by atoms with Crippen LogP contribution in [0.4, 0.5) is 0 Å². The third-order valence-corrected chi connectivity index (χ3v) is 19.1. The van der Waals surface area contributed by atoms with Crippen molar-refractivity contribution in [2.75, 3.05) is 0 Å². The second-order valence-electron chi connectivity index (χ2n) is 20.9. The summed E-state index contributed by atoms with van der Waals surface area (Å²) in [5.74, 6) is 0.391. The summed E-state index contributed by atoms with van der Waals surface area (Å²) >= 11 is 0. The number of aromatic nitrogens is 4. The number of imidazole rings is 1. The van der Waals surface area contributed by atoms with Gasteiger partial charge in [0.25, 0.3) is 6.33 Å². The number of hydrogen-bond acceptors (Lipinski definition) is 2. The van der Waals surface area contributed by atoms with Crippen LogP contribution in [0.3, 0.4) is 0 Å². The molecule has 15 rings (SSSR count). The van der Waals surface area contributed by atoms with Gasteiger partial charge in [0.05, 0.1) is 48.0 Å². The van der Waals surface area contributed by atoms with E-state index in [2.05, 4.69) is 4.98 Å². The van der Waals surface area contributed by atoms with Crippen molar-refractivity contribution in [3.05, 3.63) is 295 Å². The number of aryl methyl sites for hydroxylation is 2. The maximum atomic E-state index is 11.4. The molecule has 0 spiro atoms. The van der Waals surface area contributed by atoms with E-state index in [9.17, 15) is 28.8 Å². The zero-order chi connectivity index (χ0) is 85.2. The van der Waals surface area contributed by atoms with E-state index in [0.717, 1.165) is 6.20 Å². The first-order valence-corrected chi connectivity index (χ1v) is 28.4. The summed E-state index contributed by atoms with van der Waals surface area (Å²) in [6.45, 7) is -0.334. The molecule has 0 N–H and O–H groups in total. The maximum absolute atomic E-state index is 11.4. The Kier molecular flexibility index (Phi) is 6.42. The summed E-state index contributed by atoms with van der Waals surface area (Å²) in [5.41, 5.74) is -3.81. The summed E-state index contributed by atoms with van der Waals surface area (Å²) < 4.78 is 322. The first-order chi connectivity index (χ1) is 54.7. The summed E-state index contributed by atoms with van der Waals surface area (Å²) in [6.07, 6.45) is 2.55. The van der Waals surface area contributed by atoms with Gasteiger partial charge in [0, 0.05) is 54.0 Å². The van der Waals surface area contributed by atoms with Crippen LogP contribution in [-0.2, 0) is 5.41 Å². The van der Waals surface area contributed by atoms with Gasteiger partial charge in [0.1, 0.15) is 28.7 Å². The zero-order valence-corrected chi connectivity index (χ0v) is 45.7. The molecule has 0 aliphatic carbocycles. The molecule has 11 aromatic carbocycles. The quantitative estimate of drug-likeness (QED) is 0.0820. The average Bonchev–Trinajstić information content (AvgIpc) is 1.09. The molecule has 0 atom stereocenters. The number of rotatable bonds is 9. The topological polar surface area (TPSA) is 35.9 Å². The van der Waals surface area contributed by atoms with Gasteiger partial charge in [0.15, 0.2) is 19.1 Å². The average molecular weight is 1130 g/mol. The highest BCUT2D eigenvalue weighted by atomic mass is 28.3. The van der Waals surface area contributed by atoms with Gasteiger partial charge in [0.2, 0.25) is 0 Å². The Morgan fingerprint density at radius 3 is 1.82 bits per heavy atom. The van der Waals surface area contributed by atoms with E-state index in [1.165, 1.54) is 36.7 Å². The Hall–Kier alpha value is -10.1. The maximum Gasteiger partial charge on any atom is 0.255 e. The summed E-state index contributed by atoms with van der Waals surface area (Å²) in [6, 6.07) is -1.37. The van der Waals surface area contributed by atoms with Crippen LogP contribution in [-0.4, -0.2) is 22.2 Å². The zero-order valence-electron chi connectivity index (χ0n) is 77.7. The molecule has 14 aromatic rings. The minimum Gasteiger partial charge on any atom is -0.457 e. The lowest BCUT2D eigenvalue weighted by molar-refractivity contribution is -0.567. The molecule has 402 valence electrons. The summed E-state index contributed by atoms with van der Waals surface area (Å²) in [4.78, 5) is 4.51. The number of nitrogens with zero attached hydrogens (tertiary/aromatic N) is 4. The number of fused-ring (bicyclic) bond motifs is 10. The molecule has 4 heterocycles. The molecule has 0 bridgehead atoms. The van der Waals surface area contributed by atoms with Crippen LogP contribution in [0.15, 0.2) is 279 Å². The van der Waals surface area contributed by atoms with Crippen LogP contribution in [0, 0.1) is 13.7 Å². The second kappa shape index (κ2) is 20.1. The molecule has 0 amide bonds. The molecule has 5 nitrogen and oxygen atoms in total. The number of benzene rings is 11. The van der Waals surface area contributed by atoms with E-state index in [1.807, 2.05) is 6.07 Å². The fourth-order valence-electron chi connectivity index (χ4n) is 11.4. The number of hydrogen-bond donors (Lipinski definition) is 0. The highest BCUT2D eigenvalue weighted by Crippen LogP contribution is 2.47. The van der Waals surface area contributed by atoms with Crippen molar-refractivity contribution in [2.24, 2.45) is 0 Å². The molecular formula is C78H61N4OSi+. The fraction of sp³-hybridized carbons (Fsp3) is 0.0769. The van der Waals surface area contributed by atoms with Gasteiger partial charge in [-0.3, -0.25) is 4.57 Å². The van der Waals surface area contributed by atoms with Crippen molar-refractivity contribution in [1.82, 2.24) is 14.1 Å². The van der Waals surface area contributed by atoms with Crippen molar-refractivity contribution >= 4 is 61.7 Å². The Morgan fingerprint density at radius 1 is 0.488 bits per heavy atom. The predicted octanol–water partition coefficient (Wildman–Crippen LogP) is 16.5. The lowest BCUT2D eigenvalue weighted by atomic mass is 9.82. The molecule has 0 radical (unpaired) electrons. The molecule has 6 heteroatoms. The molecule has 84 heavy (non-hydrogen) atoms. The lowest BCUT2D eigenvalue weighted by Gasteiger charge is -2.35. The molecule has 0 fully saturated rings. The monoisotopic (exact) mass is 1130 g/mol. The largest absolute Gasteiger partial charge is 0.457 e. The minimum absolute atomic E-state index is 0.000376. The van der Waals surface area contributed by atoms with E-state index in [0.29, 0.717) is 27.4 Å². The van der Waals surface area contributed by atoms with Gasteiger partial charge in [-0.15, -0.1) is 0 Å². The van der Waals surface area contributed by atoms with Gasteiger partial charge in [-0.25, -0.2) is 4.98 Å². The van der Waals surface area contributed by atoms with Crippen molar-refractivity contribution in [3.8, 4) is 73.2 Å². The highest BCUT2D eigenvalue weighted by molar-refractivity contribution is 7.20. The van der Waals surface area contributed by atoms with Gasteiger partial charge in [-0.1, -0.05) is 226 Å². The summed E-state index contributed by atoms with van der Waals surface area (Å²) in [7, 11) is -6.55. The van der Waals surface area contributed by atoms with E-state index in [4.69, 9.17) is 21.2 Å². The number of ether oxygens (including phenoxy) is 1. The van der Waals surface area contributed by atoms with Crippen molar-refractivity contribution in [2.45, 2.75) is 39.9 Å². The number of pyridine rings is 1. The minimum atomic E-state index is -6.55. The molecule has 0 unspecified atom stereocenters. The van der Waals surface area contributed by atoms with Crippen LogP contribution in [0.25, 0.3) is 94.5 Å². The normalized spacial score (nSPS) is 18.0. The van der Waals surface area contributed by atoms with Crippen molar-refractivity contribution in [1.29, 1.82) is 0 Å². The highest BCUT2D eigenvalue weighted by Gasteiger charge is 2.43. The lowest BCUT2D eigenvalue weighted by Crippen LogP contribution is -2.74. The van der Waals surface area contributed by atoms with Crippen LogP contribution < -0.4 is 30.1 Å². The smallest absolute Gasteiger partial charge is 0.255 e. The van der Waals surface area contributed by atoms with Crippen molar-refractivity contribution < 1.29 is 54.5 Å². The van der Waals surface area contributed by atoms with E-state index < -0.39 is 250 Å². The van der Waals surface area contributed by atoms with Crippen LogP contribution in [0.5, 0.6) is 11.5 Å². The second-order valence-corrected chi connectivity index (χ2v) is 24.4. The molecule has 1 aliphatic rings. The molecule has 0 saturated carbocycles.